The molecule has 0 saturated carbocycles. The Labute approximate surface area is 176 Å². The van der Waals surface area contributed by atoms with Crippen molar-refractivity contribution in [2.75, 3.05) is 20.2 Å². The van der Waals surface area contributed by atoms with Crippen molar-refractivity contribution in [3.63, 3.8) is 0 Å². The quantitative estimate of drug-likeness (QED) is 0.725. The van der Waals surface area contributed by atoms with Crippen molar-refractivity contribution in [2.24, 2.45) is 5.73 Å². The SMILES string of the molecule is CCCCN(C)C(=O)c1cccc(C(=O)N2Cc3ccc(OCC(N)=O)cc3C2)c1. The van der Waals surface area contributed by atoms with E-state index in [-0.39, 0.29) is 18.4 Å². The van der Waals surface area contributed by atoms with E-state index in [9.17, 15) is 14.4 Å². The van der Waals surface area contributed by atoms with E-state index in [1.165, 1.54) is 0 Å². The topological polar surface area (TPSA) is 92.9 Å². The Bertz CT molecular complexity index is 957. The average molecular weight is 409 g/mol. The first-order valence-electron chi connectivity index (χ1n) is 10.1. The molecule has 0 radical (unpaired) electrons. The number of carbonyl (C=O) groups is 3. The summed E-state index contributed by atoms with van der Waals surface area (Å²) in [6, 6.07) is 12.4. The summed E-state index contributed by atoms with van der Waals surface area (Å²) in [6.45, 7) is 3.51. The highest BCUT2D eigenvalue weighted by Crippen LogP contribution is 2.28. The maximum Gasteiger partial charge on any atom is 0.255 e. The fourth-order valence-electron chi connectivity index (χ4n) is 3.44. The summed E-state index contributed by atoms with van der Waals surface area (Å²) in [6.07, 6.45) is 1.96. The Morgan fingerprint density at radius 2 is 1.80 bits per heavy atom. The van der Waals surface area contributed by atoms with Crippen molar-refractivity contribution in [1.82, 2.24) is 9.80 Å². The van der Waals surface area contributed by atoms with E-state index in [0.717, 1.165) is 24.0 Å². The van der Waals surface area contributed by atoms with Crippen LogP contribution in [0.25, 0.3) is 0 Å². The number of nitrogens with two attached hydrogens (primary N) is 1. The Hall–Kier alpha value is -3.35. The molecule has 0 aliphatic carbocycles. The van der Waals surface area contributed by atoms with Gasteiger partial charge < -0.3 is 20.3 Å². The van der Waals surface area contributed by atoms with E-state index >= 15 is 0 Å². The van der Waals surface area contributed by atoms with E-state index < -0.39 is 5.91 Å². The molecule has 0 saturated heterocycles. The Morgan fingerprint density at radius 3 is 2.53 bits per heavy atom. The van der Waals surface area contributed by atoms with Crippen LogP contribution in [0.5, 0.6) is 5.75 Å². The molecule has 30 heavy (non-hydrogen) atoms. The lowest BCUT2D eigenvalue weighted by molar-refractivity contribution is -0.119. The number of fused-ring (bicyclic) bond motifs is 1. The average Bonchev–Trinajstić information content (AvgIpc) is 3.18. The van der Waals surface area contributed by atoms with Crippen LogP contribution < -0.4 is 10.5 Å². The molecular formula is C23H27N3O4. The van der Waals surface area contributed by atoms with Crippen LogP contribution in [0.2, 0.25) is 0 Å². The predicted molar refractivity (Wildman–Crippen MR) is 113 cm³/mol. The molecule has 158 valence electrons. The fourth-order valence-corrected chi connectivity index (χ4v) is 3.44. The molecule has 3 rings (SSSR count). The predicted octanol–water partition coefficient (Wildman–Crippen LogP) is 2.58. The summed E-state index contributed by atoms with van der Waals surface area (Å²) < 4.78 is 5.35. The zero-order valence-electron chi connectivity index (χ0n) is 17.4. The summed E-state index contributed by atoms with van der Waals surface area (Å²) in [7, 11) is 1.78. The number of nitrogens with zero attached hydrogens (tertiary/aromatic N) is 2. The number of carbonyl (C=O) groups excluding carboxylic acids is 3. The number of amides is 3. The van der Waals surface area contributed by atoms with Gasteiger partial charge in [-0.15, -0.1) is 0 Å². The van der Waals surface area contributed by atoms with Gasteiger partial charge in [-0.2, -0.15) is 0 Å². The highest BCUT2D eigenvalue weighted by Gasteiger charge is 2.25. The lowest BCUT2D eigenvalue weighted by atomic mass is 10.1. The molecule has 3 amide bonds. The minimum absolute atomic E-state index is 0.0842. The van der Waals surface area contributed by atoms with Crippen LogP contribution in [0.3, 0.4) is 0 Å². The number of ether oxygens (including phenoxy) is 1. The van der Waals surface area contributed by atoms with Crippen molar-refractivity contribution in [2.45, 2.75) is 32.9 Å². The molecule has 7 nitrogen and oxygen atoms in total. The smallest absolute Gasteiger partial charge is 0.255 e. The lowest BCUT2D eigenvalue weighted by Crippen LogP contribution is -2.29. The number of unbranched alkanes of at least 4 members (excludes halogenated alkanes) is 1. The van der Waals surface area contributed by atoms with Crippen LogP contribution in [0.1, 0.15) is 51.6 Å². The van der Waals surface area contributed by atoms with Crippen molar-refractivity contribution in [1.29, 1.82) is 0 Å². The van der Waals surface area contributed by atoms with Gasteiger partial charge in [-0.25, -0.2) is 0 Å². The van der Waals surface area contributed by atoms with E-state index in [1.807, 2.05) is 12.1 Å². The Kier molecular flexibility index (Phi) is 6.72. The second-order valence-electron chi connectivity index (χ2n) is 7.51. The minimum Gasteiger partial charge on any atom is -0.484 e. The zero-order valence-corrected chi connectivity index (χ0v) is 17.4. The van der Waals surface area contributed by atoms with Gasteiger partial charge in [0.1, 0.15) is 5.75 Å². The van der Waals surface area contributed by atoms with Crippen LogP contribution in [0, 0.1) is 0 Å². The molecule has 1 aliphatic rings. The van der Waals surface area contributed by atoms with E-state index in [2.05, 4.69) is 6.92 Å². The standard InChI is InChI=1S/C23H27N3O4/c1-3-4-10-25(2)22(28)16-6-5-7-17(11-16)23(29)26-13-18-8-9-20(12-19(18)14-26)30-15-21(24)27/h5-9,11-12H,3-4,10,13-15H2,1-2H3,(H2,24,27). The summed E-state index contributed by atoms with van der Waals surface area (Å²) in [5, 5.41) is 0. The second kappa shape index (κ2) is 9.43. The number of primary amides is 1. The van der Waals surface area contributed by atoms with Gasteiger partial charge in [-0.05, 0) is 47.9 Å². The fraction of sp³-hybridized carbons (Fsp3) is 0.348. The molecule has 0 spiro atoms. The largest absolute Gasteiger partial charge is 0.484 e. The zero-order chi connectivity index (χ0) is 21.7. The summed E-state index contributed by atoms with van der Waals surface area (Å²) in [4.78, 5) is 40.0. The Morgan fingerprint density at radius 1 is 1.07 bits per heavy atom. The van der Waals surface area contributed by atoms with Crippen molar-refractivity contribution in [3.05, 3.63) is 64.7 Å². The molecule has 0 atom stereocenters. The number of benzene rings is 2. The van der Waals surface area contributed by atoms with Crippen LogP contribution in [0.4, 0.5) is 0 Å². The van der Waals surface area contributed by atoms with E-state index in [0.29, 0.717) is 36.5 Å². The molecule has 2 aromatic carbocycles. The molecule has 0 bridgehead atoms. The van der Waals surface area contributed by atoms with Crippen molar-refractivity contribution >= 4 is 17.7 Å². The summed E-state index contributed by atoms with van der Waals surface area (Å²) >= 11 is 0. The molecule has 1 aliphatic heterocycles. The maximum absolute atomic E-state index is 13.0. The molecule has 0 fully saturated rings. The first kappa shape index (κ1) is 21.4. The van der Waals surface area contributed by atoms with E-state index in [4.69, 9.17) is 10.5 Å². The van der Waals surface area contributed by atoms with Crippen LogP contribution >= 0.6 is 0 Å². The van der Waals surface area contributed by atoms with Crippen LogP contribution in [-0.2, 0) is 17.9 Å². The molecule has 0 aromatic heterocycles. The first-order valence-corrected chi connectivity index (χ1v) is 10.1. The molecule has 0 unspecified atom stereocenters. The summed E-state index contributed by atoms with van der Waals surface area (Å²) in [5.41, 5.74) is 8.11. The second-order valence-corrected chi connectivity index (χ2v) is 7.51. The third kappa shape index (κ3) is 4.97. The maximum atomic E-state index is 13.0. The molecular weight excluding hydrogens is 382 g/mol. The van der Waals surface area contributed by atoms with Gasteiger partial charge in [0.25, 0.3) is 17.7 Å². The monoisotopic (exact) mass is 409 g/mol. The van der Waals surface area contributed by atoms with Gasteiger partial charge >= 0.3 is 0 Å². The van der Waals surface area contributed by atoms with Crippen LogP contribution in [0.15, 0.2) is 42.5 Å². The third-order valence-electron chi connectivity index (χ3n) is 5.12. The minimum atomic E-state index is -0.540. The normalized spacial score (nSPS) is 12.4. The van der Waals surface area contributed by atoms with Gasteiger partial charge in [0.2, 0.25) is 0 Å². The van der Waals surface area contributed by atoms with Crippen molar-refractivity contribution < 1.29 is 19.1 Å². The molecule has 2 N–H and O–H groups in total. The van der Waals surface area contributed by atoms with Crippen LogP contribution in [-0.4, -0.2) is 47.7 Å². The molecule has 2 aromatic rings. The summed E-state index contributed by atoms with van der Waals surface area (Å²) in [5.74, 6) is -0.206. The van der Waals surface area contributed by atoms with Gasteiger partial charge in [-0.1, -0.05) is 25.5 Å². The van der Waals surface area contributed by atoms with E-state index in [1.54, 1.807) is 47.2 Å². The Balaban J connectivity index is 1.69. The lowest BCUT2D eigenvalue weighted by Gasteiger charge is -2.18. The highest BCUT2D eigenvalue weighted by atomic mass is 16.5. The van der Waals surface area contributed by atoms with Crippen molar-refractivity contribution in [3.8, 4) is 5.75 Å². The van der Waals surface area contributed by atoms with Gasteiger partial charge in [0.15, 0.2) is 6.61 Å². The first-order chi connectivity index (χ1) is 14.4. The van der Waals surface area contributed by atoms with Gasteiger partial charge in [-0.3, -0.25) is 14.4 Å². The molecule has 1 heterocycles. The number of hydrogen-bond donors (Lipinski definition) is 1. The highest BCUT2D eigenvalue weighted by molar-refractivity contribution is 5.99. The third-order valence-corrected chi connectivity index (χ3v) is 5.12. The molecule has 7 heteroatoms. The van der Waals surface area contributed by atoms with Gasteiger partial charge in [0.05, 0.1) is 0 Å². The van der Waals surface area contributed by atoms with Gasteiger partial charge in [0, 0.05) is 37.8 Å². The number of hydrogen-bond acceptors (Lipinski definition) is 4. The number of rotatable bonds is 8.